The normalized spacial score (nSPS) is 13.1. The lowest BCUT2D eigenvalue weighted by molar-refractivity contribution is -0.133. The number of carbonyl (C=O) groups is 1. The number of rotatable bonds is 5. The van der Waals surface area contributed by atoms with Crippen molar-refractivity contribution >= 4 is 5.91 Å². The van der Waals surface area contributed by atoms with E-state index in [4.69, 9.17) is 10.5 Å². The third-order valence-electron chi connectivity index (χ3n) is 2.17. The van der Waals surface area contributed by atoms with Gasteiger partial charge in [0.05, 0.1) is 12.5 Å². The molecule has 0 saturated carbocycles. The van der Waals surface area contributed by atoms with Crippen LogP contribution in [0.4, 0.5) is 0 Å². The van der Waals surface area contributed by atoms with Crippen LogP contribution in [0.15, 0.2) is 0 Å². The second kappa shape index (κ2) is 5.94. The molecule has 13 heavy (non-hydrogen) atoms. The average molecular weight is 188 g/mol. The van der Waals surface area contributed by atoms with E-state index in [-0.39, 0.29) is 18.1 Å². The molecule has 4 nitrogen and oxygen atoms in total. The zero-order chi connectivity index (χ0) is 10.4. The van der Waals surface area contributed by atoms with E-state index in [0.717, 1.165) is 0 Å². The molecule has 0 bridgehead atoms. The summed E-state index contributed by atoms with van der Waals surface area (Å²) in [6, 6.07) is 0.225. The van der Waals surface area contributed by atoms with Crippen molar-refractivity contribution in [2.24, 2.45) is 5.73 Å². The molecule has 0 aromatic rings. The number of amides is 1. The van der Waals surface area contributed by atoms with Crippen molar-refractivity contribution in [1.29, 1.82) is 0 Å². The summed E-state index contributed by atoms with van der Waals surface area (Å²) in [5.41, 5.74) is 5.41. The molecule has 0 aliphatic rings. The maximum absolute atomic E-state index is 11.5. The molecule has 0 aromatic carbocycles. The van der Waals surface area contributed by atoms with Gasteiger partial charge >= 0.3 is 0 Å². The van der Waals surface area contributed by atoms with Crippen molar-refractivity contribution in [3.63, 3.8) is 0 Å². The summed E-state index contributed by atoms with van der Waals surface area (Å²) < 4.78 is 5.03. The Bertz CT molecular complexity index is 156. The monoisotopic (exact) mass is 188 g/mol. The zero-order valence-corrected chi connectivity index (χ0v) is 8.91. The van der Waals surface area contributed by atoms with E-state index in [0.29, 0.717) is 13.0 Å². The van der Waals surface area contributed by atoms with Gasteiger partial charge in [-0.2, -0.15) is 0 Å². The fourth-order valence-corrected chi connectivity index (χ4v) is 0.890. The van der Waals surface area contributed by atoms with Gasteiger partial charge in [0.1, 0.15) is 0 Å². The van der Waals surface area contributed by atoms with Crippen LogP contribution in [0.25, 0.3) is 0 Å². The molecule has 0 rings (SSSR count). The van der Waals surface area contributed by atoms with Gasteiger partial charge in [0.25, 0.3) is 0 Å². The largest absolute Gasteiger partial charge is 0.380 e. The molecular formula is C9H20N2O2. The molecule has 1 atom stereocenters. The summed E-state index contributed by atoms with van der Waals surface area (Å²) in [6.07, 6.45) is 0.204. The van der Waals surface area contributed by atoms with Crippen molar-refractivity contribution in [3.05, 3.63) is 0 Å². The third kappa shape index (κ3) is 4.24. The Kier molecular flexibility index (Phi) is 5.66. The number of hydrogen-bond acceptors (Lipinski definition) is 3. The molecule has 0 saturated heterocycles. The second-order valence-electron chi connectivity index (χ2n) is 3.40. The summed E-state index contributed by atoms with van der Waals surface area (Å²) in [4.78, 5) is 13.2. The van der Waals surface area contributed by atoms with Gasteiger partial charge in [-0.25, -0.2) is 0 Å². The van der Waals surface area contributed by atoms with Crippen LogP contribution >= 0.6 is 0 Å². The summed E-state index contributed by atoms with van der Waals surface area (Å²) in [7, 11) is 3.36. The van der Waals surface area contributed by atoms with E-state index in [9.17, 15) is 4.79 Å². The van der Waals surface area contributed by atoms with Crippen molar-refractivity contribution in [2.75, 3.05) is 20.7 Å². The first-order valence-corrected chi connectivity index (χ1v) is 4.51. The first kappa shape index (κ1) is 12.4. The van der Waals surface area contributed by atoms with Gasteiger partial charge < -0.3 is 15.4 Å². The fourth-order valence-electron chi connectivity index (χ4n) is 0.890. The van der Waals surface area contributed by atoms with E-state index in [2.05, 4.69) is 0 Å². The Morgan fingerprint density at radius 1 is 1.54 bits per heavy atom. The molecule has 4 heteroatoms. The molecule has 0 heterocycles. The van der Waals surface area contributed by atoms with Gasteiger partial charge in [-0.15, -0.1) is 0 Å². The molecular weight excluding hydrogens is 168 g/mol. The summed E-state index contributed by atoms with van der Waals surface area (Å²) in [6.45, 7) is 4.33. The van der Waals surface area contributed by atoms with Crippen LogP contribution in [0.5, 0.6) is 0 Å². The molecule has 0 aromatic heterocycles. The Hall–Kier alpha value is -0.610. The van der Waals surface area contributed by atoms with Crippen LogP contribution in [0.3, 0.4) is 0 Å². The van der Waals surface area contributed by atoms with Crippen LogP contribution < -0.4 is 5.73 Å². The Labute approximate surface area is 80.0 Å². The lowest BCUT2D eigenvalue weighted by atomic mass is 10.2. The summed E-state index contributed by atoms with van der Waals surface area (Å²) in [5.74, 6) is 0.0762. The lowest BCUT2D eigenvalue weighted by Crippen LogP contribution is -2.37. The summed E-state index contributed by atoms with van der Waals surface area (Å²) in [5, 5.41) is 0. The average Bonchev–Trinajstić information content (AvgIpc) is 2.12. The van der Waals surface area contributed by atoms with Crippen LogP contribution in [0, 0.1) is 0 Å². The second-order valence-corrected chi connectivity index (χ2v) is 3.40. The Morgan fingerprint density at radius 2 is 2.08 bits per heavy atom. The van der Waals surface area contributed by atoms with Crippen molar-refractivity contribution in [1.82, 2.24) is 4.90 Å². The number of carbonyl (C=O) groups excluding carboxylic acids is 1. The van der Waals surface area contributed by atoms with Crippen molar-refractivity contribution in [2.45, 2.75) is 32.4 Å². The predicted octanol–water partition coefficient (Wildman–Crippen LogP) is 0.217. The highest BCUT2D eigenvalue weighted by Gasteiger charge is 2.16. The molecule has 0 aliphatic heterocycles. The minimum absolute atomic E-state index is 0.0762. The molecule has 0 spiro atoms. The SMILES string of the molecule is COC(CN)CC(=O)N(C)C(C)C. The lowest BCUT2D eigenvalue weighted by Gasteiger charge is -2.23. The van der Waals surface area contributed by atoms with Crippen LogP contribution in [-0.2, 0) is 9.53 Å². The smallest absolute Gasteiger partial charge is 0.225 e. The number of methoxy groups -OCH3 is 1. The van der Waals surface area contributed by atoms with Crippen LogP contribution in [0.1, 0.15) is 20.3 Å². The maximum Gasteiger partial charge on any atom is 0.225 e. The van der Waals surface area contributed by atoms with Gasteiger partial charge in [-0.1, -0.05) is 0 Å². The highest BCUT2D eigenvalue weighted by molar-refractivity contribution is 5.76. The predicted molar refractivity (Wildman–Crippen MR) is 52.4 cm³/mol. The quantitative estimate of drug-likeness (QED) is 0.671. The summed E-state index contributed by atoms with van der Waals surface area (Å²) >= 11 is 0. The third-order valence-corrected chi connectivity index (χ3v) is 2.17. The Balaban J connectivity index is 3.98. The van der Waals surface area contributed by atoms with Crippen molar-refractivity contribution < 1.29 is 9.53 Å². The van der Waals surface area contributed by atoms with E-state index in [1.165, 1.54) is 0 Å². The van der Waals surface area contributed by atoms with Gasteiger partial charge in [0, 0.05) is 26.7 Å². The first-order valence-electron chi connectivity index (χ1n) is 4.51. The van der Waals surface area contributed by atoms with Crippen LogP contribution in [-0.4, -0.2) is 43.7 Å². The maximum atomic E-state index is 11.5. The standard InChI is InChI=1S/C9H20N2O2/c1-7(2)11(3)9(12)5-8(6-10)13-4/h7-8H,5-6,10H2,1-4H3. The van der Waals surface area contributed by atoms with E-state index < -0.39 is 0 Å². The van der Waals surface area contributed by atoms with E-state index in [1.54, 1.807) is 19.1 Å². The molecule has 1 unspecified atom stereocenters. The number of ether oxygens (including phenoxy) is 1. The highest BCUT2D eigenvalue weighted by Crippen LogP contribution is 2.02. The first-order chi connectivity index (χ1) is 6.02. The van der Waals surface area contributed by atoms with Crippen molar-refractivity contribution in [3.8, 4) is 0 Å². The van der Waals surface area contributed by atoms with Gasteiger partial charge in [0.15, 0.2) is 0 Å². The van der Waals surface area contributed by atoms with Crippen LogP contribution in [0.2, 0.25) is 0 Å². The molecule has 0 aliphatic carbocycles. The van der Waals surface area contributed by atoms with Gasteiger partial charge in [-0.05, 0) is 13.8 Å². The fraction of sp³-hybridized carbons (Fsp3) is 0.889. The molecule has 0 radical (unpaired) electrons. The van der Waals surface area contributed by atoms with Gasteiger partial charge in [0.2, 0.25) is 5.91 Å². The topological polar surface area (TPSA) is 55.6 Å². The minimum atomic E-state index is -0.159. The Morgan fingerprint density at radius 3 is 2.38 bits per heavy atom. The number of nitrogens with two attached hydrogens (primary N) is 1. The molecule has 0 fully saturated rings. The zero-order valence-electron chi connectivity index (χ0n) is 8.91. The molecule has 78 valence electrons. The van der Waals surface area contributed by atoms with E-state index >= 15 is 0 Å². The number of nitrogens with zero attached hydrogens (tertiary/aromatic N) is 1. The minimum Gasteiger partial charge on any atom is -0.380 e. The molecule has 1 amide bonds. The molecule has 2 N–H and O–H groups in total. The highest BCUT2D eigenvalue weighted by atomic mass is 16.5. The van der Waals surface area contributed by atoms with E-state index in [1.807, 2.05) is 13.8 Å². The van der Waals surface area contributed by atoms with Gasteiger partial charge in [-0.3, -0.25) is 4.79 Å². The number of hydrogen-bond donors (Lipinski definition) is 1.